The quantitative estimate of drug-likeness (QED) is 0.513. The summed E-state index contributed by atoms with van der Waals surface area (Å²) in [4.78, 5) is 41.3. The molecule has 2 atom stereocenters. The zero-order valence-corrected chi connectivity index (χ0v) is 22.4. The molecule has 0 heterocycles. The zero-order chi connectivity index (χ0) is 26.4. The van der Waals surface area contributed by atoms with Crippen molar-refractivity contribution in [1.82, 2.24) is 15.5 Å². The van der Waals surface area contributed by atoms with Gasteiger partial charge in [-0.15, -0.1) is 0 Å². The van der Waals surface area contributed by atoms with E-state index >= 15 is 0 Å². The Morgan fingerprint density at radius 3 is 2.12 bits per heavy atom. The van der Waals surface area contributed by atoms with Crippen LogP contribution < -0.4 is 10.6 Å². The molecule has 0 fully saturated rings. The minimum absolute atomic E-state index is 0.110. The first-order valence-corrected chi connectivity index (χ1v) is 11.9. The van der Waals surface area contributed by atoms with Crippen molar-refractivity contribution in [2.24, 2.45) is 5.92 Å². The van der Waals surface area contributed by atoms with Gasteiger partial charge in [0.15, 0.2) is 0 Å². The van der Waals surface area contributed by atoms with Crippen LogP contribution in [0.2, 0.25) is 0 Å². The number of nitrogens with zero attached hydrogens (tertiary/aromatic N) is 1. The van der Waals surface area contributed by atoms with Crippen molar-refractivity contribution < 1.29 is 24.2 Å². The fourth-order valence-electron chi connectivity index (χ4n) is 3.49. The van der Waals surface area contributed by atoms with E-state index in [1.807, 2.05) is 41.5 Å². The number of rotatable bonds is 8. The first-order chi connectivity index (χ1) is 15.5. The van der Waals surface area contributed by atoms with Crippen LogP contribution in [-0.4, -0.2) is 51.6 Å². The zero-order valence-electron chi connectivity index (χ0n) is 22.4. The van der Waals surface area contributed by atoms with Crippen molar-refractivity contribution in [3.63, 3.8) is 0 Å². The molecule has 192 valence electrons. The van der Waals surface area contributed by atoms with Gasteiger partial charge >= 0.3 is 6.09 Å². The minimum atomic E-state index is -0.937. The van der Waals surface area contributed by atoms with Gasteiger partial charge in [-0.25, -0.2) is 4.79 Å². The maximum absolute atomic E-state index is 13.8. The molecule has 0 aliphatic carbocycles. The van der Waals surface area contributed by atoms with E-state index in [-0.39, 0.29) is 23.5 Å². The molecular formula is C26H43N3O5. The lowest BCUT2D eigenvalue weighted by molar-refractivity contribution is -0.144. The summed E-state index contributed by atoms with van der Waals surface area (Å²) < 4.78 is 5.37. The number of aromatic hydroxyl groups is 1. The third-order valence-corrected chi connectivity index (χ3v) is 4.95. The van der Waals surface area contributed by atoms with Gasteiger partial charge in [-0.1, -0.05) is 26.8 Å². The number of carbonyl (C=O) groups is 3. The largest absolute Gasteiger partial charge is 0.508 e. The standard InChI is InChI=1S/C26H43N3O5/c1-11-14-29(23(32)20(16(2)3)27-24(33)34-26(8,9)10)21(22(31)28-25(5,6)7)18-12-13-19(30)17(4)15-18/h12-13,15-16,20-21,30H,11,14H2,1-10H3,(H,27,33)(H,28,31). The Morgan fingerprint density at radius 2 is 1.68 bits per heavy atom. The van der Waals surface area contributed by atoms with Gasteiger partial charge in [0.05, 0.1) is 0 Å². The van der Waals surface area contributed by atoms with Crippen molar-refractivity contribution in [3.05, 3.63) is 29.3 Å². The van der Waals surface area contributed by atoms with Gasteiger partial charge < -0.3 is 25.4 Å². The number of hydrogen-bond donors (Lipinski definition) is 3. The fraction of sp³-hybridized carbons (Fsp3) is 0.654. The second kappa shape index (κ2) is 11.6. The maximum atomic E-state index is 13.8. The highest BCUT2D eigenvalue weighted by Crippen LogP contribution is 2.28. The number of carbonyl (C=O) groups excluding carboxylic acids is 3. The van der Waals surface area contributed by atoms with Crippen LogP contribution in [0, 0.1) is 12.8 Å². The van der Waals surface area contributed by atoms with E-state index in [1.165, 1.54) is 11.0 Å². The predicted octanol–water partition coefficient (Wildman–Crippen LogP) is 4.44. The molecule has 0 aliphatic rings. The second-order valence-electron chi connectivity index (χ2n) is 11.1. The number of hydrogen-bond acceptors (Lipinski definition) is 5. The molecule has 0 spiro atoms. The first-order valence-electron chi connectivity index (χ1n) is 11.9. The summed E-state index contributed by atoms with van der Waals surface area (Å²) in [6.45, 7) is 18.5. The summed E-state index contributed by atoms with van der Waals surface area (Å²) in [6.07, 6.45) is -0.0773. The average molecular weight is 478 g/mol. The number of alkyl carbamates (subject to hydrolysis) is 1. The topological polar surface area (TPSA) is 108 Å². The number of nitrogens with one attached hydrogen (secondary N) is 2. The molecule has 0 saturated carbocycles. The molecule has 0 aliphatic heterocycles. The molecule has 3 N–H and O–H groups in total. The van der Waals surface area contributed by atoms with E-state index in [0.29, 0.717) is 24.1 Å². The van der Waals surface area contributed by atoms with Crippen molar-refractivity contribution in [2.45, 2.75) is 98.9 Å². The SMILES string of the molecule is CCCN(C(=O)C(NC(=O)OC(C)(C)C)C(C)C)C(C(=O)NC(C)(C)C)c1ccc(O)c(C)c1. The van der Waals surface area contributed by atoms with Gasteiger partial charge in [0.2, 0.25) is 11.8 Å². The van der Waals surface area contributed by atoms with Crippen LogP contribution in [0.15, 0.2) is 18.2 Å². The summed E-state index contributed by atoms with van der Waals surface area (Å²) in [7, 11) is 0. The van der Waals surface area contributed by atoms with Crippen molar-refractivity contribution in [2.75, 3.05) is 6.54 Å². The van der Waals surface area contributed by atoms with Crippen molar-refractivity contribution in [3.8, 4) is 5.75 Å². The van der Waals surface area contributed by atoms with Gasteiger partial charge in [-0.2, -0.15) is 0 Å². The molecule has 0 bridgehead atoms. The van der Waals surface area contributed by atoms with E-state index < -0.39 is 29.3 Å². The van der Waals surface area contributed by atoms with Crippen molar-refractivity contribution in [1.29, 1.82) is 0 Å². The third kappa shape index (κ3) is 8.88. The van der Waals surface area contributed by atoms with E-state index in [4.69, 9.17) is 4.74 Å². The molecule has 0 saturated heterocycles. The number of amides is 3. The number of benzene rings is 1. The minimum Gasteiger partial charge on any atom is -0.508 e. The number of phenols is 1. The molecule has 1 rings (SSSR count). The first kappa shape index (κ1) is 29.3. The highest BCUT2D eigenvalue weighted by atomic mass is 16.6. The Kier molecular flexibility index (Phi) is 9.97. The molecule has 8 nitrogen and oxygen atoms in total. The Hall–Kier alpha value is -2.77. The third-order valence-electron chi connectivity index (χ3n) is 4.95. The summed E-state index contributed by atoms with van der Waals surface area (Å²) >= 11 is 0. The number of phenolic OH excluding ortho intramolecular Hbond substituents is 1. The van der Waals surface area contributed by atoms with Crippen LogP contribution in [0.25, 0.3) is 0 Å². The van der Waals surface area contributed by atoms with Crippen LogP contribution in [-0.2, 0) is 14.3 Å². The van der Waals surface area contributed by atoms with Crippen LogP contribution in [0.3, 0.4) is 0 Å². The van der Waals surface area contributed by atoms with Gasteiger partial charge in [0.1, 0.15) is 23.4 Å². The van der Waals surface area contributed by atoms with Gasteiger partial charge in [0, 0.05) is 12.1 Å². The van der Waals surface area contributed by atoms with Gasteiger partial charge in [-0.05, 0) is 84.1 Å². The lowest BCUT2D eigenvalue weighted by atomic mass is 9.96. The highest BCUT2D eigenvalue weighted by Gasteiger charge is 2.38. The molecular weight excluding hydrogens is 434 g/mol. The normalized spacial score (nSPS) is 13.7. The lowest BCUT2D eigenvalue weighted by Gasteiger charge is -2.36. The molecule has 3 amide bonds. The molecule has 0 aromatic heterocycles. The molecule has 0 radical (unpaired) electrons. The Labute approximate surface area is 204 Å². The second-order valence-corrected chi connectivity index (χ2v) is 11.1. The monoisotopic (exact) mass is 477 g/mol. The average Bonchev–Trinajstić information content (AvgIpc) is 2.65. The highest BCUT2D eigenvalue weighted by molar-refractivity contribution is 5.92. The van der Waals surface area contributed by atoms with Crippen molar-refractivity contribution >= 4 is 17.9 Å². The lowest BCUT2D eigenvalue weighted by Crippen LogP contribution is -2.56. The summed E-state index contributed by atoms with van der Waals surface area (Å²) in [5, 5.41) is 15.7. The summed E-state index contributed by atoms with van der Waals surface area (Å²) in [5.74, 6) is -0.840. The van der Waals surface area contributed by atoms with E-state index in [1.54, 1.807) is 39.8 Å². The molecule has 34 heavy (non-hydrogen) atoms. The van der Waals surface area contributed by atoms with Gasteiger partial charge in [-0.3, -0.25) is 9.59 Å². The van der Waals surface area contributed by atoms with Crippen LogP contribution in [0.1, 0.15) is 85.9 Å². The van der Waals surface area contributed by atoms with Gasteiger partial charge in [0.25, 0.3) is 0 Å². The Balaban J connectivity index is 3.49. The van der Waals surface area contributed by atoms with Crippen LogP contribution >= 0.6 is 0 Å². The van der Waals surface area contributed by atoms with E-state index in [9.17, 15) is 19.5 Å². The Morgan fingerprint density at radius 1 is 1.09 bits per heavy atom. The van der Waals surface area contributed by atoms with Crippen LogP contribution in [0.5, 0.6) is 5.75 Å². The van der Waals surface area contributed by atoms with Crippen LogP contribution in [0.4, 0.5) is 4.79 Å². The molecule has 8 heteroatoms. The van der Waals surface area contributed by atoms with E-state index in [0.717, 1.165) is 0 Å². The summed E-state index contributed by atoms with van der Waals surface area (Å²) in [5.41, 5.74) is -0.0499. The maximum Gasteiger partial charge on any atom is 0.408 e. The predicted molar refractivity (Wildman–Crippen MR) is 133 cm³/mol. The van der Waals surface area contributed by atoms with E-state index in [2.05, 4.69) is 10.6 Å². The number of aryl methyl sites for hydroxylation is 1. The molecule has 2 unspecified atom stereocenters. The smallest absolute Gasteiger partial charge is 0.408 e. The Bertz CT molecular complexity index is 868. The molecule has 1 aromatic carbocycles. The summed E-state index contributed by atoms with van der Waals surface area (Å²) in [6, 6.07) is 3.06. The molecule has 1 aromatic rings. The fourth-order valence-corrected chi connectivity index (χ4v) is 3.49. The number of ether oxygens (including phenoxy) is 1.